The molecule has 1 rings (SSSR count). The molecule has 0 spiro atoms. The lowest BCUT2D eigenvalue weighted by atomic mass is 9.96. The second-order valence-corrected chi connectivity index (χ2v) is 5.35. The lowest BCUT2D eigenvalue weighted by Crippen LogP contribution is -2.40. The maximum Gasteiger partial charge on any atom is 0.177 e. The van der Waals surface area contributed by atoms with Crippen molar-refractivity contribution >= 4 is 0 Å². The molecule has 92 valence electrons. The molecule has 0 radical (unpaired) electrons. The van der Waals surface area contributed by atoms with Crippen molar-refractivity contribution in [2.45, 2.75) is 71.6 Å². The molecule has 0 N–H and O–H groups in total. The summed E-state index contributed by atoms with van der Waals surface area (Å²) in [6.07, 6.45) is 7.93. The molecular formula is C14H24FN. The van der Waals surface area contributed by atoms with Crippen molar-refractivity contribution in [2.24, 2.45) is 0 Å². The maximum atomic E-state index is 13.9. The van der Waals surface area contributed by atoms with Crippen LogP contribution in [0, 0.1) is 0 Å². The molecule has 0 heterocycles. The third-order valence-corrected chi connectivity index (χ3v) is 3.04. The molecule has 0 amide bonds. The van der Waals surface area contributed by atoms with Gasteiger partial charge in [-0.2, -0.15) is 0 Å². The minimum absolute atomic E-state index is 0.164. The van der Waals surface area contributed by atoms with Crippen molar-refractivity contribution in [3.8, 4) is 0 Å². The smallest absolute Gasteiger partial charge is 0.177 e. The first kappa shape index (κ1) is 13.3. The zero-order chi connectivity index (χ0) is 12.2. The minimum Gasteiger partial charge on any atom is -0.337 e. The molecule has 0 bridgehead atoms. The highest BCUT2D eigenvalue weighted by molar-refractivity contribution is 5.04. The summed E-state index contributed by atoms with van der Waals surface area (Å²) >= 11 is 0. The van der Waals surface area contributed by atoms with Crippen LogP contribution in [0.5, 0.6) is 0 Å². The Kier molecular flexibility index (Phi) is 4.61. The first-order valence-electron chi connectivity index (χ1n) is 6.33. The molecule has 2 heteroatoms. The van der Waals surface area contributed by atoms with Gasteiger partial charge in [0.1, 0.15) is 0 Å². The SMILES string of the molecule is CC(C)N(C=C=C1CCCCC1)C(C)(C)F. The zero-order valence-corrected chi connectivity index (χ0v) is 11.0. The molecule has 16 heavy (non-hydrogen) atoms. The highest BCUT2D eigenvalue weighted by Crippen LogP contribution is 2.23. The van der Waals surface area contributed by atoms with Crippen molar-refractivity contribution in [3.63, 3.8) is 0 Å². The van der Waals surface area contributed by atoms with Crippen LogP contribution in [0.3, 0.4) is 0 Å². The Morgan fingerprint density at radius 2 is 1.81 bits per heavy atom. The van der Waals surface area contributed by atoms with Crippen molar-refractivity contribution in [2.75, 3.05) is 0 Å². The average Bonchev–Trinajstić information content (AvgIpc) is 2.17. The Hall–Kier alpha value is -0.750. The Morgan fingerprint density at radius 1 is 1.25 bits per heavy atom. The molecule has 0 aromatic carbocycles. The number of nitrogens with zero attached hydrogens (tertiary/aromatic N) is 1. The van der Waals surface area contributed by atoms with Gasteiger partial charge in [0.25, 0.3) is 0 Å². The molecule has 0 atom stereocenters. The zero-order valence-electron chi connectivity index (χ0n) is 11.0. The predicted octanol–water partition coefficient (Wildman–Crippen LogP) is 4.41. The van der Waals surface area contributed by atoms with E-state index in [-0.39, 0.29) is 6.04 Å². The van der Waals surface area contributed by atoms with Crippen LogP contribution >= 0.6 is 0 Å². The molecule has 0 saturated heterocycles. The summed E-state index contributed by atoms with van der Waals surface area (Å²) in [6.45, 7) is 7.20. The Bertz CT molecular complexity index is 272. The predicted molar refractivity (Wildman–Crippen MR) is 66.8 cm³/mol. The van der Waals surface area contributed by atoms with Crippen LogP contribution < -0.4 is 0 Å². The second-order valence-electron chi connectivity index (χ2n) is 5.35. The fourth-order valence-corrected chi connectivity index (χ4v) is 2.20. The van der Waals surface area contributed by atoms with Gasteiger partial charge in [0, 0.05) is 12.2 Å². The summed E-state index contributed by atoms with van der Waals surface area (Å²) in [4.78, 5) is 1.73. The van der Waals surface area contributed by atoms with E-state index in [0.717, 1.165) is 12.8 Å². The van der Waals surface area contributed by atoms with Gasteiger partial charge in [0.15, 0.2) is 5.79 Å². The third-order valence-electron chi connectivity index (χ3n) is 3.04. The van der Waals surface area contributed by atoms with E-state index in [1.165, 1.54) is 24.8 Å². The van der Waals surface area contributed by atoms with Crippen LogP contribution in [0.1, 0.15) is 59.8 Å². The minimum atomic E-state index is -1.31. The molecule has 0 aromatic rings. The first-order chi connectivity index (χ1) is 7.41. The average molecular weight is 225 g/mol. The fraction of sp³-hybridized carbons (Fsp3) is 0.786. The van der Waals surface area contributed by atoms with Crippen LogP contribution in [0.15, 0.2) is 17.5 Å². The van der Waals surface area contributed by atoms with Crippen molar-refractivity contribution in [1.29, 1.82) is 0 Å². The van der Waals surface area contributed by atoms with Crippen LogP contribution in [0.2, 0.25) is 0 Å². The Morgan fingerprint density at radius 3 is 2.25 bits per heavy atom. The van der Waals surface area contributed by atoms with E-state index < -0.39 is 5.79 Å². The first-order valence-corrected chi connectivity index (χ1v) is 6.33. The molecule has 1 aliphatic rings. The molecule has 0 aromatic heterocycles. The molecular weight excluding hydrogens is 201 g/mol. The topological polar surface area (TPSA) is 3.24 Å². The summed E-state index contributed by atoms with van der Waals surface area (Å²) in [5.74, 6) is -1.31. The van der Waals surface area contributed by atoms with Crippen LogP contribution in [-0.4, -0.2) is 16.7 Å². The van der Waals surface area contributed by atoms with Gasteiger partial charge in [-0.05, 0) is 59.0 Å². The van der Waals surface area contributed by atoms with Crippen LogP contribution in [0.4, 0.5) is 4.39 Å². The summed E-state index contributed by atoms with van der Waals surface area (Å²) in [5, 5.41) is 0. The van der Waals surface area contributed by atoms with Gasteiger partial charge < -0.3 is 4.90 Å². The van der Waals surface area contributed by atoms with Crippen LogP contribution in [-0.2, 0) is 0 Å². The number of hydrogen-bond donors (Lipinski definition) is 0. The lowest BCUT2D eigenvalue weighted by Gasteiger charge is -2.33. The standard InChI is InChI=1S/C14H24FN/c1-12(2)16(14(3,4)15)11-10-13-8-6-5-7-9-13/h11-12H,5-9H2,1-4H3. The van der Waals surface area contributed by atoms with Gasteiger partial charge in [0.2, 0.25) is 0 Å². The molecule has 0 aliphatic heterocycles. The van der Waals surface area contributed by atoms with E-state index in [0.29, 0.717) is 0 Å². The van der Waals surface area contributed by atoms with Gasteiger partial charge >= 0.3 is 0 Å². The number of alkyl halides is 1. The number of allylic oxidation sites excluding steroid dienone is 1. The molecule has 1 fully saturated rings. The van der Waals surface area contributed by atoms with Crippen molar-refractivity contribution in [3.05, 3.63) is 17.5 Å². The van der Waals surface area contributed by atoms with Crippen molar-refractivity contribution < 1.29 is 4.39 Å². The van der Waals surface area contributed by atoms with E-state index in [9.17, 15) is 4.39 Å². The second kappa shape index (κ2) is 5.54. The molecule has 1 nitrogen and oxygen atoms in total. The number of rotatable bonds is 3. The van der Waals surface area contributed by atoms with E-state index in [2.05, 4.69) is 5.73 Å². The lowest BCUT2D eigenvalue weighted by molar-refractivity contribution is 0.0164. The Balaban J connectivity index is 2.77. The maximum absolute atomic E-state index is 13.9. The van der Waals surface area contributed by atoms with Gasteiger partial charge in [0.05, 0.1) is 0 Å². The number of halogens is 1. The van der Waals surface area contributed by atoms with Gasteiger partial charge in [-0.3, -0.25) is 0 Å². The van der Waals surface area contributed by atoms with E-state index >= 15 is 0 Å². The van der Waals surface area contributed by atoms with Gasteiger partial charge in [-0.25, -0.2) is 4.39 Å². The van der Waals surface area contributed by atoms with Gasteiger partial charge in [-0.15, -0.1) is 5.73 Å². The summed E-state index contributed by atoms with van der Waals surface area (Å²) in [7, 11) is 0. The summed E-state index contributed by atoms with van der Waals surface area (Å²) in [5.41, 5.74) is 4.64. The quantitative estimate of drug-likeness (QED) is 0.508. The third kappa shape index (κ3) is 4.02. The Labute approximate surface area is 99.0 Å². The molecule has 0 unspecified atom stereocenters. The normalized spacial score (nSPS) is 17.2. The monoisotopic (exact) mass is 225 g/mol. The van der Waals surface area contributed by atoms with Crippen LogP contribution in [0.25, 0.3) is 0 Å². The highest BCUT2D eigenvalue weighted by atomic mass is 19.1. The largest absolute Gasteiger partial charge is 0.337 e. The van der Waals surface area contributed by atoms with E-state index in [1.807, 2.05) is 20.0 Å². The highest BCUT2D eigenvalue weighted by Gasteiger charge is 2.24. The van der Waals surface area contributed by atoms with Gasteiger partial charge in [-0.1, -0.05) is 6.42 Å². The van der Waals surface area contributed by atoms with E-state index in [4.69, 9.17) is 0 Å². The number of hydrogen-bond acceptors (Lipinski definition) is 1. The molecule has 1 aliphatic carbocycles. The van der Waals surface area contributed by atoms with Crippen molar-refractivity contribution in [1.82, 2.24) is 4.90 Å². The van der Waals surface area contributed by atoms with E-state index in [1.54, 1.807) is 18.7 Å². The summed E-state index contributed by atoms with van der Waals surface area (Å²) < 4.78 is 13.9. The molecule has 1 saturated carbocycles. The fourth-order valence-electron chi connectivity index (χ4n) is 2.20. The summed E-state index contributed by atoms with van der Waals surface area (Å²) in [6, 6.07) is 0.164.